The first-order chi connectivity index (χ1) is 10.5. The fraction of sp³-hybridized carbons (Fsp3) is 0.286. The van der Waals surface area contributed by atoms with Gasteiger partial charge in [0.05, 0.1) is 19.7 Å². The number of hydrogen-bond acceptors (Lipinski definition) is 7. The largest absolute Gasteiger partial charge is 0.477 e. The highest BCUT2D eigenvalue weighted by molar-refractivity contribution is 7.73. The van der Waals surface area contributed by atoms with Crippen LogP contribution in [0, 0.1) is 17.8 Å². The van der Waals surface area contributed by atoms with Crippen LogP contribution in [0.2, 0.25) is 0 Å². The van der Waals surface area contributed by atoms with Crippen molar-refractivity contribution in [1.82, 2.24) is 20.2 Å². The van der Waals surface area contributed by atoms with Crippen LogP contribution in [0.5, 0.6) is 11.8 Å². The van der Waals surface area contributed by atoms with E-state index in [1.54, 1.807) is 7.11 Å². The van der Waals surface area contributed by atoms with E-state index >= 15 is 0 Å². The fourth-order valence-electron chi connectivity index (χ4n) is 2.25. The van der Waals surface area contributed by atoms with Crippen LogP contribution in [-0.2, 0) is 0 Å². The molecular weight excluding hydrogens is 320 g/mol. The summed E-state index contributed by atoms with van der Waals surface area (Å²) in [6.07, 6.45) is 0. The van der Waals surface area contributed by atoms with Gasteiger partial charge in [0, 0.05) is 5.56 Å². The minimum absolute atomic E-state index is 0.346. The topological polar surface area (TPSA) is 72.9 Å². The third-order valence-corrected chi connectivity index (χ3v) is 4.56. The van der Waals surface area contributed by atoms with E-state index in [1.807, 2.05) is 19.9 Å². The van der Waals surface area contributed by atoms with Gasteiger partial charge in [-0.25, -0.2) is 9.97 Å². The summed E-state index contributed by atoms with van der Waals surface area (Å²) in [5, 5.41) is 7.88. The molecule has 2 heterocycles. The van der Waals surface area contributed by atoms with Gasteiger partial charge in [-0.1, -0.05) is 11.3 Å². The smallest absolute Gasteiger partial charge is 0.278 e. The summed E-state index contributed by atoms with van der Waals surface area (Å²) in [6, 6.07) is 1.98. The van der Waals surface area contributed by atoms with Crippen molar-refractivity contribution in [2.75, 3.05) is 14.2 Å². The molecule has 0 radical (unpaired) electrons. The number of aryl methyl sites for hydroxylation is 1. The van der Waals surface area contributed by atoms with Gasteiger partial charge < -0.3 is 9.47 Å². The third kappa shape index (κ3) is 2.34. The summed E-state index contributed by atoms with van der Waals surface area (Å²) in [6.45, 7) is 4.07. The number of rotatable bonds is 3. The average molecular weight is 334 g/mol. The quantitative estimate of drug-likeness (QED) is 0.740. The van der Waals surface area contributed by atoms with Crippen molar-refractivity contribution in [3.63, 3.8) is 0 Å². The molecule has 0 aliphatic heterocycles. The molecule has 0 unspecified atom stereocenters. The number of benzene rings is 1. The van der Waals surface area contributed by atoms with Gasteiger partial charge in [-0.05, 0) is 43.3 Å². The lowest BCUT2D eigenvalue weighted by molar-refractivity contribution is 0.334. The molecule has 2 aromatic heterocycles. The standard InChI is InChI=1S/C14H14N4O2S2/c1-6-5-8-10(16-12(20-4)11(15-8)19-3)9(7(6)2)13-17-18-14(21)22-13/h5H,1-4H3,(H,18,21). The number of H-pyrrole nitrogens is 1. The lowest BCUT2D eigenvalue weighted by atomic mass is 10.0. The first kappa shape index (κ1) is 14.9. The molecule has 0 bridgehead atoms. The van der Waals surface area contributed by atoms with Gasteiger partial charge in [0.25, 0.3) is 11.8 Å². The molecule has 3 rings (SSSR count). The van der Waals surface area contributed by atoms with Crippen molar-refractivity contribution in [3.8, 4) is 22.3 Å². The zero-order valence-corrected chi connectivity index (χ0v) is 14.2. The van der Waals surface area contributed by atoms with Crippen molar-refractivity contribution in [2.45, 2.75) is 13.8 Å². The predicted molar refractivity (Wildman–Crippen MR) is 88.4 cm³/mol. The van der Waals surface area contributed by atoms with E-state index in [0.29, 0.717) is 15.7 Å². The minimum atomic E-state index is 0.346. The lowest BCUT2D eigenvalue weighted by Crippen LogP contribution is -2.00. The molecule has 0 saturated carbocycles. The second-order valence-electron chi connectivity index (χ2n) is 4.72. The molecule has 0 amide bonds. The molecule has 114 valence electrons. The maximum atomic E-state index is 5.27. The first-order valence-corrected chi connectivity index (χ1v) is 7.73. The molecular formula is C14H14N4O2S2. The molecule has 1 aromatic carbocycles. The number of hydrogen-bond donors (Lipinski definition) is 1. The van der Waals surface area contributed by atoms with Crippen LogP contribution in [0.1, 0.15) is 11.1 Å². The van der Waals surface area contributed by atoms with E-state index in [4.69, 9.17) is 21.7 Å². The van der Waals surface area contributed by atoms with E-state index in [0.717, 1.165) is 32.7 Å². The molecule has 0 fully saturated rings. The number of fused-ring (bicyclic) bond motifs is 1. The highest BCUT2D eigenvalue weighted by Crippen LogP contribution is 2.36. The van der Waals surface area contributed by atoms with Crippen LogP contribution in [0.4, 0.5) is 0 Å². The van der Waals surface area contributed by atoms with Crippen molar-refractivity contribution in [1.29, 1.82) is 0 Å². The van der Waals surface area contributed by atoms with E-state index in [2.05, 4.69) is 20.2 Å². The van der Waals surface area contributed by atoms with Crippen LogP contribution in [0.25, 0.3) is 21.6 Å². The molecule has 0 aliphatic rings. The van der Waals surface area contributed by atoms with Crippen LogP contribution < -0.4 is 9.47 Å². The summed E-state index contributed by atoms with van der Waals surface area (Å²) in [5.41, 5.74) is 4.56. The maximum absolute atomic E-state index is 5.27. The Hall–Kier alpha value is -2.06. The summed E-state index contributed by atoms with van der Waals surface area (Å²) >= 11 is 6.55. The average Bonchev–Trinajstić information content (AvgIpc) is 2.93. The number of aromatic amines is 1. The summed E-state index contributed by atoms with van der Waals surface area (Å²) in [7, 11) is 3.08. The number of nitrogens with one attached hydrogen (secondary N) is 1. The van der Waals surface area contributed by atoms with Gasteiger partial charge in [0.1, 0.15) is 10.5 Å². The molecule has 0 atom stereocenters. The van der Waals surface area contributed by atoms with Crippen LogP contribution in [-0.4, -0.2) is 34.4 Å². The van der Waals surface area contributed by atoms with Gasteiger partial charge in [0.15, 0.2) is 3.95 Å². The lowest BCUT2D eigenvalue weighted by Gasteiger charge is -2.12. The van der Waals surface area contributed by atoms with Crippen molar-refractivity contribution < 1.29 is 9.47 Å². The summed E-state index contributed by atoms with van der Waals surface area (Å²) < 4.78 is 11.1. The molecule has 0 aliphatic carbocycles. The summed E-state index contributed by atoms with van der Waals surface area (Å²) in [4.78, 5) is 9.05. The van der Waals surface area contributed by atoms with Gasteiger partial charge >= 0.3 is 0 Å². The normalized spacial score (nSPS) is 10.9. The van der Waals surface area contributed by atoms with Gasteiger partial charge in [-0.2, -0.15) is 5.10 Å². The first-order valence-electron chi connectivity index (χ1n) is 6.51. The maximum Gasteiger partial charge on any atom is 0.278 e. The molecule has 0 saturated heterocycles. The third-order valence-electron chi connectivity index (χ3n) is 3.46. The van der Waals surface area contributed by atoms with E-state index in [-0.39, 0.29) is 0 Å². The summed E-state index contributed by atoms with van der Waals surface area (Å²) in [5.74, 6) is 0.706. The Morgan fingerprint density at radius 3 is 2.41 bits per heavy atom. The van der Waals surface area contributed by atoms with E-state index < -0.39 is 0 Å². The van der Waals surface area contributed by atoms with E-state index in [1.165, 1.54) is 18.4 Å². The number of nitrogens with zero attached hydrogens (tertiary/aromatic N) is 3. The second-order valence-corrected chi connectivity index (χ2v) is 6.39. The second kappa shape index (κ2) is 5.62. The van der Waals surface area contributed by atoms with Crippen molar-refractivity contribution in [2.24, 2.45) is 0 Å². The number of methoxy groups -OCH3 is 2. The predicted octanol–water partition coefficient (Wildman–Crippen LogP) is 3.44. The Bertz CT molecular complexity index is 917. The monoisotopic (exact) mass is 334 g/mol. The van der Waals surface area contributed by atoms with Crippen LogP contribution in [0.15, 0.2) is 6.07 Å². The Morgan fingerprint density at radius 1 is 1.14 bits per heavy atom. The molecule has 1 N–H and O–H groups in total. The Kier molecular flexibility index (Phi) is 3.79. The SMILES string of the molecule is COc1nc2cc(C)c(C)c(-c3n[nH]c(=S)s3)c2nc1OC. The number of aromatic nitrogens is 4. The van der Waals surface area contributed by atoms with Crippen LogP contribution >= 0.6 is 23.6 Å². The zero-order chi connectivity index (χ0) is 15.9. The van der Waals surface area contributed by atoms with Crippen molar-refractivity contribution in [3.05, 3.63) is 21.1 Å². The fourth-order valence-corrected chi connectivity index (χ4v) is 3.25. The van der Waals surface area contributed by atoms with E-state index in [9.17, 15) is 0 Å². The highest BCUT2D eigenvalue weighted by atomic mass is 32.1. The molecule has 22 heavy (non-hydrogen) atoms. The molecule has 3 aromatic rings. The molecule has 8 heteroatoms. The Labute approximate surface area is 136 Å². The van der Waals surface area contributed by atoms with Gasteiger partial charge in [0.2, 0.25) is 0 Å². The molecule has 6 nitrogen and oxygen atoms in total. The van der Waals surface area contributed by atoms with Crippen molar-refractivity contribution >= 4 is 34.6 Å². The molecule has 0 spiro atoms. The number of ether oxygens (including phenoxy) is 2. The zero-order valence-electron chi connectivity index (χ0n) is 12.6. The highest BCUT2D eigenvalue weighted by Gasteiger charge is 2.18. The Balaban J connectivity index is 2.43. The Morgan fingerprint density at radius 2 is 1.82 bits per heavy atom. The van der Waals surface area contributed by atoms with Crippen LogP contribution in [0.3, 0.4) is 0 Å². The minimum Gasteiger partial charge on any atom is -0.477 e. The van der Waals surface area contributed by atoms with Gasteiger partial charge in [-0.15, -0.1) is 0 Å². The van der Waals surface area contributed by atoms with Gasteiger partial charge in [-0.3, -0.25) is 5.10 Å².